The number of aliphatic hydroxyl groups is 1. The number of furan rings is 1. The Morgan fingerprint density at radius 1 is 1.10 bits per heavy atom. The Morgan fingerprint density at radius 3 is 2.30 bits per heavy atom. The van der Waals surface area contributed by atoms with Gasteiger partial charge in [-0.2, -0.15) is 4.31 Å². The number of carbonyl (C=O) groups excluding carboxylic acids is 1. The molecule has 30 heavy (non-hydrogen) atoms. The molecule has 8 nitrogen and oxygen atoms in total. The lowest BCUT2D eigenvalue weighted by molar-refractivity contribution is 0.0665. The fourth-order valence-electron chi connectivity index (χ4n) is 2.92. The van der Waals surface area contributed by atoms with Gasteiger partial charge in [-0.15, -0.1) is 0 Å². The Labute approximate surface area is 176 Å². The number of benzene rings is 1. The SMILES string of the molecule is COc1ccc(S(=O)(=O)N2CCN(C(=O)c3ccc(C#CC(C)(C)O)o3)CC2)cc1. The summed E-state index contributed by atoms with van der Waals surface area (Å²) in [5, 5.41) is 9.65. The van der Waals surface area contributed by atoms with E-state index in [-0.39, 0.29) is 48.5 Å². The summed E-state index contributed by atoms with van der Waals surface area (Å²) < 4.78 is 37.5. The largest absolute Gasteiger partial charge is 0.497 e. The van der Waals surface area contributed by atoms with Crippen LogP contribution < -0.4 is 4.74 Å². The van der Waals surface area contributed by atoms with Crippen molar-refractivity contribution in [1.29, 1.82) is 0 Å². The van der Waals surface area contributed by atoms with Crippen LogP contribution in [0.4, 0.5) is 0 Å². The summed E-state index contributed by atoms with van der Waals surface area (Å²) in [5.74, 6) is 5.96. The summed E-state index contributed by atoms with van der Waals surface area (Å²) in [6.07, 6.45) is 0. The number of hydrogen-bond donors (Lipinski definition) is 1. The summed E-state index contributed by atoms with van der Waals surface area (Å²) in [7, 11) is -2.13. The summed E-state index contributed by atoms with van der Waals surface area (Å²) in [6, 6.07) is 9.30. The van der Waals surface area contributed by atoms with Crippen molar-refractivity contribution < 1.29 is 27.5 Å². The number of sulfonamides is 1. The molecule has 1 fully saturated rings. The number of piperazine rings is 1. The molecule has 0 spiro atoms. The second kappa shape index (κ2) is 8.52. The van der Waals surface area contributed by atoms with E-state index < -0.39 is 15.6 Å². The van der Waals surface area contributed by atoms with Crippen molar-refractivity contribution in [2.24, 2.45) is 0 Å². The van der Waals surface area contributed by atoms with Crippen LogP contribution in [0.25, 0.3) is 0 Å². The van der Waals surface area contributed by atoms with Crippen molar-refractivity contribution >= 4 is 15.9 Å². The second-order valence-corrected chi connectivity index (χ2v) is 9.28. The van der Waals surface area contributed by atoms with E-state index in [9.17, 15) is 18.3 Å². The smallest absolute Gasteiger partial charge is 0.289 e. The van der Waals surface area contributed by atoms with Gasteiger partial charge in [0, 0.05) is 26.2 Å². The lowest BCUT2D eigenvalue weighted by Crippen LogP contribution is -2.50. The van der Waals surface area contributed by atoms with Gasteiger partial charge >= 0.3 is 0 Å². The van der Waals surface area contributed by atoms with Crippen molar-refractivity contribution in [3.63, 3.8) is 0 Å². The first-order valence-corrected chi connectivity index (χ1v) is 10.8. The third-order valence-electron chi connectivity index (χ3n) is 4.53. The van der Waals surface area contributed by atoms with Crippen LogP contribution >= 0.6 is 0 Å². The van der Waals surface area contributed by atoms with E-state index in [0.717, 1.165) is 0 Å². The predicted octanol–water partition coefficient (Wildman–Crippen LogP) is 1.56. The van der Waals surface area contributed by atoms with Gasteiger partial charge in [-0.1, -0.05) is 5.92 Å². The van der Waals surface area contributed by atoms with E-state index in [2.05, 4.69) is 11.8 Å². The highest BCUT2D eigenvalue weighted by atomic mass is 32.2. The lowest BCUT2D eigenvalue weighted by atomic mass is 10.1. The van der Waals surface area contributed by atoms with Gasteiger partial charge < -0.3 is 19.2 Å². The highest BCUT2D eigenvalue weighted by Crippen LogP contribution is 2.21. The molecule has 0 radical (unpaired) electrons. The molecule has 1 N–H and O–H groups in total. The Kier molecular flexibility index (Phi) is 6.22. The maximum Gasteiger partial charge on any atom is 0.289 e. The maximum absolute atomic E-state index is 12.8. The topological polar surface area (TPSA) is 100 Å². The first-order valence-electron chi connectivity index (χ1n) is 9.39. The van der Waals surface area contributed by atoms with Gasteiger partial charge in [-0.05, 0) is 56.2 Å². The first kappa shape index (κ1) is 21.9. The van der Waals surface area contributed by atoms with Crippen molar-refractivity contribution in [2.75, 3.05) is 33.3 Å². The minimum atomic E-state index is -3.64. The van der Waals surface area contributed by atoms with Crippen LogP contribution in [0.15, 0.2) is 45.7 Å². The predicted molar refractivity (Wildman–Crippen MR) is 110 cm³/mol. The van der Waals surface area contributed by atoms with Gasteiger partial charge in [0.25, 0.3) is 5.91 Å². The van der Waals surface area contributed by atoms with E-state index >= 15 is 0 Å². The molecule has 3 rings (SSSR count). The molecule has 0 atom stereocenters. The molecule has 1 amide bonds. The third-order valence-corrected chi connectivity index (χ3v) is 6.44. The van der Waals surface area contributed by atoms with Gasteiger partial charge in [-0.3, -0.25) is 4.79 Å². The molecule has 1 aliphatic rings. The van der Waals surface area contributed by atoms with Crippen LogP contribution in [-0.2, 0) is 10.0 Å². The highest BCUT2D eigenvalue weighted by Gasteiger charge is 2.31. The lowest BCUT2D eigenvalue weighted by Gasteiger charge is -2.33. The van der Waals surface area contributed by atoms with E-state index in [1.165, 1.54) is 29.6 Å². The van der Waals surface area contributed by atoms with Crippen molar-refractivity contribution in [3.05, 3.63) is 47.9 Å². The summed E-state index contributed by atoms with van der Waals surface area (Å²) >= 11 is 0. The van der Waals surface area contributed by atoms with Crippen LogP contribution in [0, 0.1) is 11.8 Å². The molecule has 0 aliphatic carbocycles. The van der Waals surface area contributed by atoms with Gasteiger partial charge in [0.1, 0.15) is 11.4 Å². The summed E-state index contributed by atoms with van der Waals surface area (Å²) in [5.41, 5.74) is -1.16. The van der Waals surface area contributed by atoms with E-state index in [1.807, 2.05) is 0 Å². The molecule has 160 valence electrons. The highest BCUT2D eigenvalue weighted by molar-refractivity contribution is 7.89. The molecule has 2 heterocycles. The average molecular weight is 432 g/mol. The standard InChI is InChI=1S/C21H24N2O6S/c1-21(2,25)11-10-17-6-9-19(29-17)20(24)22-12-14-23(15-13-22)30(26,27)18-7-4-16(28-3)5-8-18/h4-9,25H,12-15H2,1-3H3. The van der Waals surface area contributed by atoms with Crippen LogP contribution in [0.2, 0.25) is 0 Å². The van der Waals surface area contributed by atoms with E-state index in [4.69, 9.17) is 9.15 Å². The molecule has 1 aromatic carbocycles. The van der Waals surface area contributed by atoms with Crippen molar-refractivity contribution in [3.8, 4) is 17.6 Å². The molecule has 1 aromatic heterocycles. The molecule has 1 aliphatic heterocycles. The van der Waals surface area contributed by atoms with E-state index in [1.54, 1.807) is 36.9 Å². The Bertz CT molecular complexity index is 1060. The van der Waals surface area contributed by atoms with Crippen LogP contribution in [0.1, 0.15) is 30.2 Å². The Hall–Kier alpha value is -2.80. The van der Waals surface area contributed by atoms with Crippen molar-refractivity contribution in [1.82, 2.24) is 9.21 Å². The maximum atomic E-state index is 12.8. The number of rotatable bonds is 4. The number of methoxy groups -OCH3 is 1. The minimum Gasteiger partial charge on any atom is -0.497 e. The van der Waals surface area contributed by atoms with Gasteiger partial charge in [0.05, 0.1) is 12.0 Å². The zero-order valence-electron chi connectivity index (χ0n) is 17.1. The van der Waals surface area contributed by atoms with E-state index in [0.29, 0.717) is 5.75 Å². The minimum absolute atomic E-state index is 0.126. The summed E-state index contributed by atoms with van der Waals surface area (Å²) in [6.45, 7) is 3.97. The molecule has 0 saturated carbocycles. The molecule has 0 unspecified atom stereocenters. The van der Waals surface area contributed by atoms with Crippen molar-refractivity contribution in [2.45, 2.75) is 24.3 Å². The molecule has 9 heteroatoms. The third kappa shape index (κ3) is 5.02. The van der Waals surface area contributed by atoms with Gasteiger partial charge in [0.2, 0.25) is 10.0 Å². The molecule has 2 aromatic rings. The van der Waals surface area contributed by atoms with Gasteiger partial charge in [0.15, 0.2) is 11.5 Å². The molecular weight excluding hydrogens is 408 g/mol. The van der Waals surface area contributed by atoms with Crippen LogP contribution in [-0.4, -0.2) is 67.5 Å². The normalized spacial score (nSPS) is 15.4. The molecular formula is C21H24N2O6S. The van der Waals surface area contributed by atoms with Crippen LogP contribution in [0.5, 0.6) is 5.75 Å². The fourth-order valence-corrected chi connectivity index (χ4v) is 4.34. The number of ether oxygens (including phenoxy) is 1. The quantitative estimate of drug-likeness (QED) is 0.736. The first-order chi connectivity index (χ1) is 14.1. The average Bonchev–Trinajstić information content (AvgIpc) is 3.20. The fraction of sp³-hybridized carbons (Fsp3) is 0.381. The number of amides is 1. The number of nitrogens with zero attached hydrogens (tertiary/aromatic N) is 2. The zero-order valence-corrected chi connectivity index (χ0v) is 17.9. The summed E-state index contributed by atoms with van der Waals surface area (Å²) in [4.78, 5) is 14.4. The zero-order chi connectivity index (χ0) is 21.9. The van der Waals surface area contributed by atoms with Gasteiger partial charge in [-0.25, -0.2) is 8.42 Å². The van der Waals surface area contributed by atoms with Crippen LogP contribution in [0.3, 0.4) is 0 Å². The molecule has 1 saturated heterocycles. The number of hydrogen-bond acceptors (Lipinski definition) is 6. The number of carbonyl (C=O) groups is 1. The second-order valence-electron chi connectivity index (χ2n) is 7.34. The molecule has 0 bridgehead atoms. The Morgan fingerprint density at radius 2 is 1.73 bits per heavy atom. The Balaban J connectivity index is 1.64. The monoisotopic (exact) mass is 432 g/mol.